The van der Waals surface area contributed by atoms with E-state index in [0.717, 1.165) is 39.1 Å². The van der Waals surface area contributed by atoms with Crippen LogP contribution >= 0.6 is 0 Å². The van der Waals surface area contributed by atoms with Crippen LogP contribution in [0.4, 0.5) is 9.41 Å². The van der Waals surface area contributed by atoms with Gasteiger partial charge in [0.05, 0.1) is 19.8 Å². The van der Waals surface area contributed by atoms with Crippen molar-refractivity contribution in [2.45, 2.75) is 213 Å². The van der Waals surface area contributed by atoms with Crippen molar-refractivity contribution in [1.29, 1.82) is 0 Å². The van der Waals surface area contributed by atoms with Gasteiger partial charge in [0.15, 0.2) is 0 Å². The van der Waals surface area contributed by atoms with Crippen molar-refractivity contribution < 1.29 is 24.7 Å². The topological polar surface area (TPSA) is 93.2 Å². The lowest BCUT2D eigenvalue weighted by molar-refractivity contribution is 0.147. The third-order valence-electron chi connectivity index (χ3n) is 10.1. The van der Waals surface area contributed by atoms with Gasteiger partial charge in [-0.2, -0.15) is 0 Å². The van der Waals surface area contributed by atoms with Crippen molar-refractivity contribution in [3.05, 3.63) is 0 Å². The summed E-state index contributed by atoms with van der Waals surface area (Å²) in [6, 6.07) is 0. The Balaban J connectivity index is -0.000000494. The van der Waals surface area contributed by atoms with Crippen LogP contribution in [-0.2, 0) is 0 Å². The fraction of sp³-hybridized carbons (Fsp3) is 1.00. The number of halogens is 2. The van der Waals surface area contributed by atoms with Crippen LogP contribution < -0.4 is 5.73 Å². The lowest BCUT2D eigenvalue weighted by Gasteiger charge is -2.24. The maximum atomic E-state index is 9.33. The van der Waals surface area contributed by atoms with E-state index >= 15 is 0 Å². The average molecular weight is 740 g/mol. The molecule has 6 nitrogen and oxygen atoms in total. The number of rotatable bonds is 41. The van der Waals surface area contributed by atoms with Gasteiger partial charge in [-0.25, -0.2) is 0 Å². The second kappa shape index (κ2) is 54.0. The summed E-state index contributed by atoms with van der Waals surface area (Å²) in [6.45, 7) is 10.9. The van der Waals surface area contributed by atoms with Crippen LogP contribution in [0.5, 0.6) is 0 Å². The van der Waals surface area contributed by atoms with Gasteiger partial charge in [0.2, 0.25) is 0 Å². The molecular formula is C43H95F2N3O3. The Hall–Kier alpha value is -0.380. The molecule has 0 saturated heterocycles. The van der Waals surface area contributed by atoms with Crippen molar-refractivity contribution in [2.75, 3.05) is 65.6 Å². The zero-order valence-corrected chi connectivity index (χ0v) is 34.6. The minimum Gasteiger partial charge on any atom is -0.395 e. The van der Waals surface area contributed by atoms with Gasteiger partial charge < -0.3 is 26.0 Å². The lowest BCUT2D eigenvalue weighted by Crippen LogP contribution is -2.35. The number of unbranched alkanes of at least 4 members (excludes halogenated alkanes) is 28. The fourth-order valence-corrected chi connectivity index (χ4v) is 6.84. The summed E-state index contributed by atoms with van der Waals surface area (Å²) in [6.07, 6.45) is 43.2. The van der Waals surface area contributed by atoms with Crippen LogP contribution in [0.25, 0.3) is 0 Å². The van der Waals surface area contributed by atoms with Crippen molar-refractivity contribution in [1.82, 2.24) is 9.80 Å². The monoisotopic (exact) mass is 740 g/mol. The molecule has 0 heterocycles. The van der Waals surface area contributed by atoms with Gasteiger partial charge in [0.1, 0.15) is 0 Å². The molecule has 0 aliphatic rings. The first kappa shape index (κ1) is 57.3. The zero-order valence-electron chi connectivity index (χ0n) is 34.6. The SMILES string of the molecule is CCCCCCCCCCCCCCCCCCN(CCO)CCCN(CCO)CCO.CCCCCCCCCCCCCCCCN.F.F. The van der Waals surface area contributed by atoms with E-state index in [9.17, 15) is 5.11 Å². The van der Waals surface area contributed by atoms with Crippen LogP contribution in [0.1, 0.15) is 213 Å². The molecule has 0 fully saturated rings. The first-order valence-electron chi connectivity index (χ1n) is 22.2. The summed E-state index contributed by atoms with van der Waals surface area (Å²) in [5, 5.41) is 27.5. The minimum absolute atomic E-state index is 0. The minimum atomic E-state index is 0. The molecule has 0 aromatic carbocycles. The fourth-order valence-electron chi connectivity index (χ4n) is 6.84. The van der Waals surface area contributed by atoms with Crippen LogP contribution in [0.2, 0.25) is 0 Å². The molecule has 51 heavy (non-hydrogen) atoms. The number of aliphatic hydroxyl groups excluding tert-OH is 3. The van der Waals surface area contributed by atoms with Crippen molar-refractivity contribution in [3.8, 4) is 0 Å². The summed E-state index contributed by atoms with van der Waals surface area (Å²) in [7, 11) is 0. The second-order valence-corrected chi connectivity index (χ2v) is 14.9. The molecule has 314 valence electrons. The van der Waals surface area contributed by atoms with E-state index in [1.807, 2.05) is 0 Å². The van der Waals surface area contributed by atoms with Gasteiger partial charge in [0.25, 0.3) is 0 Å². The quantitative estimate of drug-likeness (QED) is 0.0467. The largest absolute Gasteiger partial charge is 0.395 e. The van der Waals surface area contributed by atoms with E-state index in [0.29, 0.717) is 13.1 Å². The molecule has 0 amide bonds. The maximum Gasteiger partial charge on any atom is 0.0558 e. The van der Waals surface area contributed by atoms with E-state index in [1.54, 1.807) is 0 Å². The molecule has 0 aromatic rings. The first-order chi connectivity index (χ1) is 24.2. The lowest BCUT2D eigenvalue weighted by atomic mass is 10.0. The molecule has 0 spiro atoms. The summed E-state index contributed by atoms with van der Waals surface area (Å²) < 4.78 is 0. The Morgan fingerprint density at radius 2 is 0.510 bits per heavy atom. The highest BCUT2D eigenvalue weighted by atomic mass is 19.0. The molecule has 0 radical (unpaired) electrons. The molecule has 0 aliphatic heterocycles. The van der Waals surface area contributed by atoms with Gasteiger partial charge >= 0.3 is 0 Å². The maximum absolute atomic E-state index is 9.33. The van der Waals surface area contributed by atoms with E-state index in [1.165, 1.54) is 193 Å². The van der Waals surface area contributed by atoms with Crippen LogP contribution in [-0.4, -0.2) is 90.8 Å². The highest BCUT2D eigenvalue weighted by Gasteiger charge is 2.07. The highest BCUT2D eigenvalue weighted by Crippen LogP contribution is 2.15. The Morgan fingerprint density at radius 1 is 0.294 bits per heavy atom. The molecule has 0 atom stereocenters. The smallest absolute Gasteiger partial charge is 0.0558 e. The van der Waals surface area contributed by atoms with Crippen LogP contribution in [0.3, 0.4) is 0 Å². The van der Waals surface area contributed by atoms with E-state index in [4.69, 9.17) is 15.9 Å². The van der Waals surface area contributed by atoms with Crippen molar-refractivity contribution in [3.63, 3.8) is 0 Å². The summed E-state index contributed by atoms with van der Waals surface area (Å²) in [4.78, 5) is 4.46. The Labute approximate surface area is 318 Å². The standard InChI is InChI=1S/C27H58N2O3.C16H35N.2FH/c1-2-3-4-5-6-7-8-9-10-11-12-13-14-15-16-17-19-28(22-25-30)20-18-21-29(23-26-31)24-27-32;1-2-3-4-5-6-7-8-9-10-11-12-13-14-15-16-17;;/h30-32H,2-27H2,1H3;2-17H2,1H3;2*1H. The second-order valence-electron chi connectivity index (χ2n) is 14.9. The van der Waals surface area contributed by atoms with Crippen LogP contribution in [0.15, 0.2) is 0 Å². The Morgan fingerprint density at radius 3 is 0.765 bits per heavy atom. The molecule has 0 aromatic heterocycles. The molecule has 0 unspecified atom stereocenters. The van der Waals surface area contributed by atoms with Gasteiger partial charge in [0, 0.05) is 19.6 Å². The van der Waals surface area contributed by atoms with Gasteiger partial charge in [-0.1, -0.05) is 194 Å². The number of nitrogens with two attached hydrogens (primary N) is 1. The van der Waals surface area contributed by atoms with Crippen molar-refractivity contribution in [2.24, 2.45) is 5.73 Å². The third-order valence-corrected chi connectivity index (χ3v) is 10.1. The van der Waals surface area contributed by atoms with Gasteiger partial charge in [-0.15, -0.1) is 0 Å². The predicted molar refractivity (Wildman–Crippen MR) is 223 cm³/mol. The summed E-state index contributed by atoms with van der Waals surface area (Å²) in [5.74, 6) is 0. The number of nitrogens with zero attached hydrogens (tertiary/aromatic N) is 2. The molecule has 8 heteroatoms. The van der Waals surface area contributed by atoms with Gasteiger partial charge in [-0.05, 0) is 45.4 Å². The van der Waals surface area contributed by atoms with E-state index < -0.39 is 0 Å². The normalized spacial score (nSPS) is 11.1. The molecule has 5 N–H and O–H groups in total. The Bertz CT molecular complexity index is 547. The van der Waals surface area contributed by atoms with Gasteiger partial charge in [-0.3, -0.25) is 14.3 Å². The summed E-state index contributed by atoms with van der Waals surface area (Å²) in [5.41, 5.74) is 5.47. The van der Waals surface area contributed by atoms with E-state index in [2.05, 4.69) is 23.6 Å². The Kier molecular flexibility index (Phi) is 60.7. The summed E-state index contributed by atoms with van der Waals surface area (Å²) >= 11 is 0. The predicted octanol–water partition coefficient (Wildman–Crippen LogP) is 11.0. The average Bonchev–Trinajstić information content (AvgIpc) is 3.10. The number of hydrogen-bond donors (Lipinski definition) is 4. The van der Waals surface area contributed by atoms with Crippen LogP contribution in [0, 0.1) is 0 Å². The molecule has 0 saturated carbocycles. The molecular weight excluding hydrogens is 644 g/mol. The molecule has 0 bridgehead atoms. The number of hydrogen-bond acceptors (Lipinski definition) is 6. The zero-order chi connectivity index (χ0) is 36.1. The molecule has 0 rings (SSSR count). The molecule has 0 aliphatic carbocycles. The highest BCUT2D eigenvalue weighted by molar-refractivity contribution is 4.63. The first-order valence-corrected chi connectivity index (χ1v) is 22.2. The number of aliphatic hydroxyl groups is 3. The van der Waals surface area contributed by atoms with E-state index in [-0.39, 0.29) is 29.2 Å². The van der Waals surface area contributed by atoms with Crippen molar-refractivity contribution >= 4 is 0 Å². The third kappa shape index (κ3) is 51.8.